The van der Waals surface area contributed by atoms with Crippen molar-refractivity contribution < 1.29 is 14.3 Å². The summed E-state index contributed by atoms with van der Waals surface area (Å²) in [6, 6.07) is 12.2. The number of hydrogen-bond donors (Lipinski definition) is 2. The van der Waals surface area contributed by atoms with Crippen molar-refractivity contribution in [3.05, 3.63) is 53.7 Å². The van der Waals surface area contributed by atoms with E-state index in [-0.39, 0.29) is 11.8 Å². The fraction of sp³-hybridized carbons (Fsp3) is 0.310. The van der Waals surface area contributed by atoms with Gasteiger partial charge in [0.15, 0.2) is 0 Å². The molecule has 6 rings (SSSR count). The lowest BCUT2D eigenvalue weighted by atomic mass is 9.93. The molecular weight excluding hydrogens is 466 g/mol. The van der Waals surface area contributed by atoms with Gasteiger partial charge in [-0.25, -0.2) is 0 Å². The van der Waals surface area contributed by atoms with Crippen LogP contribution < -0.4 is 15.4 Å². The Morgan fingerprint density at radius 2 is 1.68 bits per heavy atom. The van der Waals surface area contributed by atoms with E-state index in [0.717, 1.165) is 81.8 Å². The van der Waals surface area contributed by atoms with E-state index in [9.17, 15) is 9.59 Å². The Labute approximate surface area is 214 Å². The largest absolute Gasteiger partial charge is 0.497 e. The van der Waals surface area contributed by atoms with E-state index in [1.165, 1.54) is 0 Å². The van der Waals surface area contributed by atoms with Gasteiger partial charge in [-0.15, -0.1) is 0 Å². The zero-order valence-electron chi connectivity index (χ0n) is 21.6. The smallest absolute Gasteiger partial charge is 0.259 e. The SMILES string of the molecule is COc1ccc2c3c4c(c5c(ccc6ccn(C)c65)c3n(CCCNCCN(C)C)c2c1)C(=O)NC4=O. The summed E-state index contributed by atoms with van der Waals surface area (Å²) in [5.41, 5.74) is 3.88. The molecule has 3 heterocycles. The number of nitrogens with zero attached hydrogens (tertiary/aromatic N) is 3. The van der Waals surface area contributed by atoms with Crippen molar-refractivity contribution in [2.45, 2.75) is 13.0 Å². The van der Waals surface area contributed by atoms with Gasteiger partial charge in [0.2, 0.25) is 0 Å². The molecule has 8 nitrogen and oxygen atoms in total. The molecule has 0 fully saturated rings. The minimum Gasteiger partial charge on any atom is -0.497 e. The van der Waals surface area contributed by atoms with Gasteiger partial charge in [-0.3, -0.25) is 14.9 Å². The van der Waals surface area contributed by atoms with Crippen LogP contribution in [0.2, 0.25) is 0 Å². The summed E-state index contributed by atoms with van der Waals surface area (Å²) in [6.07, 6.45) is 2.91. The van der Waals surface area contributed by atoms with Crippen LogP contribution >= 0.6 is 0 Å². The number of benzene rings is 3. The quantitative estimate of drug-likeness (QED) is 0.251. The number of carbonyl (C=O) groups is 2. The molecule has 0 bridgehead atoms. The van der Waals surface area contributed by atoms with Crippen molar-refractivity contribution in [1.29, 1.82) is 0 Å². The van der Waals surface area contributed by atoms with Crippen LogP contribution in [0, 0.1) is 0 Å². The number of ether oxygens (including phenoxy) is 1. The van der Waals surface area contributed by atoms with Gasteiger partial charge in [-0.2, -0.15) is 0 Å². The minimum atomic E-state index is -0.335. The van der Waals surface area contributed by atoms with Crippen LogP contribution in [-0.2, 0) is 13.6 Å². The summed E-state index contributed by atoms with van der Waals surface area (Å²) >= 11 is 0. The number of aryl methyl sites for hydroxylation is 2. The number of imide groups is 1. The van der Waals surface area contributed by atoms with Crippen LogP contribution in [0.25, 0.3) is 43.5 Å². The summed E-state index contributed by atoms with van der Waals surface area (Å²) in [4.78, 5) is 28.6. The first-order valence-corrected chi connectivity index (χ1v) is 12.7. The van der Waals surface area contributed by atoms with Gasteiger partial charge in [0.1, 0.15) is 5.75 Å². The maximum atomic E-state index is 13.3. The Balaban J connectivity index is 1.65. The summed E-state index contributed by atoms with van der Waals surface area (Å²) in [5.74, 6) is 0.0883. The number of aromatic nitrogens is 2. The van der Waals surface area contributed by atoms with Crippen molar-refractivity contribution in [2.24, 2.45) is 7.05 Å². The molecule has 3 aromatic carbocycles. The van der Waals surface area contributed by atoms with Gasteiger partial charge in [-0.1, -0.05) is 12.1 Å². The predicted octanol–water partition coefficient (Wildman–Crippen LogP) is 3.87. The maximum absolute atomic E-state index is 13.3. The van der Waals surface area contributed by atoms with E-state index in [1.807, 2.05) is 42.1 Å². The average Bonchev–Trinajstić information content (AvgIpc) is 3.51. The Hall–Kier alpha value is -3.88. The number of likely N-dealkylation sites (N-methyl/N-ethyl adjacent to an activating group) is 1. The van der Waals surface area contributed by atoms with Gasteiger partial charge >= 0.3 is 0 Å². The van der Waals surface area contributed by atoms with Gasteiger partial charge in [0.05, 0.1) is 34.8 Å². The molecule has 0 unspecified atom stereocenters. The average molecular weight is 498 g/mol. The second-order valence-electron chi connectivity index (χ2n) is 10.1. The number of carbonyl (C=O) groups excluding carboxylic acids is 2. The fourth-order valence-electron chi connectivity index (χ4n) is 5.78. The molecule has 37 heavy (non-hydrogen) atoms. The summed E-state index contributed by atoms with van der Waals surface area (Å²) < 4.78 is 9.90. The highest BCUT2D eigenvalue weighted by Gasteiger charge is 2.35. The second-order valence-corrected chi connectivity index (χ2v) is 10.1. The number of methoxy groups -OCH3 is 1. The van der Waals surface area contributed by atoms with Gasteiger partial charge < -0.3 is 24.1 Å². The molecule has 1 aliphatic rings. The van der Waals surface area contributed by atoms with Gasteiger partial charge in [0, 0.05) is 65.9 Å². The van der Waals surface area contributed by atoms with Crippen LogP contribution in [-0.4, -0.2) is 66.7 Å². The Kier molecular flexibility index (Phi) is 5.66. The lowest BCUT2D eigenvalue weighted by Gasteiger charge is -2.14. The van der Waals surface area contributed by atoms with Crippen LogP contribution in [0.4, 0.5) is 0 Å². The molecule has 5 aromatic rings. The lowest BCUT2D eigenvalue weighted by Crippen LogP contribution is -2.27. The molecular formula is C29H31N5O3. The van der Waals surface area contributed by atoms with E-state index in [0.29, 0.717) is 11.1 Å². The van der Waals surface area contributed by atoms with Crippen molar-refractivity contribution in [3.8, 4) is 5.75 Å². The first kappa shape index (κ1) is 23.5. The molecule has 2 aromatic heterocycles. The molecule has 0 radical (unpaired) electrons. The predicted molar refractivity (Wildman–Crippen MR) is 148 cm³/mol. The molecule has 1 aliphatic heterocycles. The molecule has 0 saturated heterocycles. The monoisotopic (exact) mass is 497 g/mol. The van der Waals surface area contributed by atoms with Crippen LogP contribution in [0.3, 0.4) is 0 Å². The zero-order valence-corrected chi connectivity index (χ0v) is 21.6. The number of rotatable bonds is 8. The summed E-state index contributed by atoms with van der Waals surface area (Å²) in [7, 11) is 7.78. The highest BCUT2D eigenvalue weighted by Crippen LogP contribution is 2.44. The van der Waals surface area contributed by atoms with Crippen molar-refractivity contribution in [2.75, 3.05) is 40.8 Å². The topological polar surface area (TPSA) is 80.5 Å². The molecule has 8 heteroatoms. The Morgan fingerprint density at radius 1 is 0.946 bits per heavy atom. The highest BCUT2D eigenvalue weighted by atomic mass is 16.5. The third-order valence-corrected chi connectivity index (χ3v) is 7.47. The van der Waals surface area contributed by atoms with E-state index >= 15 is 0 Å². The summed E-state index contributed by atoms with van der Waals surface area (Å²) in [5, 5.41) is 10.7. The standard InChI is InChI=1S/C29H31N5O3/c1-32(2)15-12-30-11-5-13-34-21-16-18(37-4)7-9-19(21)22-24-25(29(36)31-28(24)35)23-20(27(22)34)8-6-17-10-14-33(3)26(17)23/h6-10,14,16,30H,5,11-13,15H2,1-4H3,(H,31,35,36). The number of fused-ring (bicyclic) bond motifs is 10. The Morgan fingerprint density at radius 3 is 2.41 bits per heavy atom. The number of amides is 2. The van der Waals surface area contributed by atoms with Crippen molar-refractivity contribution >= 4 is 55.3 Å². The van der Waals surface area contributed by atoms with Gasteiger partial charge in [0.25, 0.3) is 11.8 Å². The number of hydrogen-bond acceptors (Lipinski definition) is 5. The van der Waals surface area contributed by atoms with Crippen LogP contribution in [0.1, 0.15) is 27.1 Å². The van der Waals surface area contributed by atoms with Crippen LogP contribution in [0.15, 0.2) is 42.6 Å². The van der Waals surface area contributed by atoms with Crippen molar-refractivity contribution in [3.63, 3.8) is 0 Å². The maximum Gasteiger partial charge on any atom is 0.259 e. The third kappa shape index (κ3) is 3.59. The third-order valence-electron chi connectivity index (χ3n) is 7.47. The molecule has 2 N–H and O–H groups in total. The molecule has 0 aliphatic carbocycles. The first-order valence-electron chi connectivity index (χ1n) is 12.7. The van der Waals surface area contributed by atoms with Crippen molar-refractivity contribution in [1.82, 2.24) is 24.7 Å². The fourth-order valence-corrected chi connectivity index (χ4v) is 5.78. The van der Waals surface area contributed by atoms with E-state index in [4.69, 9.17) is 4.74 Å². The molecule has 0 atom stereocenters. The zero-order chi connectivity index (χ0) is 25.8. The van der Waals surface area contributed by atoms with E-state index in [1.54, 1.807) is 7.11 Å². The van der Waals surface area contributed by atoms with E-state index in [2.05, 4.69) is 46.3 Å². The summed E-state index contributed by atoms with van der Waals surface area (Å²) in [6.45, 7) is 3.55. The molecule has 0 saturated carbocycles. The Bertz CT molecular complexity index is 1730. The lowest BCUT2D eigenvalue weighted by molar-refractivity contribution is 0.0880. The molecule has 0 spiro atoms. The normalized spacial score (nSPS) is 13.5. The van der Waals surface area contributed by atoms with Gasteiger partial charge in [-0.05, 0) is 45.3 Å². The molecule has 190 valence electrons. The highest BCUT2D eigenvalue weighted by molar-refractivity contribution is 6.39. The van der Waals surface area contributed by atoms with E-state index < -0.39 is 0 Å². The minimum absolute atomic E-state index is 0.333. The molecule has 2 amide bonds. The first-order chi connectivity index (χ1) is 17.9. The number of nitrogens with one attached hydrogen (secondary N) is 2. The second kappa shape index (κ2) is 8.90. The van der Waals surface area contributed by atoms with Crippen LogP contribution in [0.5, 0.6) is 5.75 Å².